The molecule has 0 heterocycles. The summed E-state index contributed by atoms with van der Waals surface area (Å²) in [5.74, 6) is 0.110. The monoisotopic (exact) mass is 135 g/mol. The minimum atomic E-state index is 0.110. The van der Waals surface area contributed by atoms with Gasteiger partial charge in [-0.05, 0) is 30.7 Å². The van der Waals surface area contributed by atoms with Crippen LogP contribution in [0.5, 0.6) is 5.75 Å². The minimum absolute atomic E-state index is 0.110. The first-order chi connectivity index (χ1) is 4.72. The van der Waals surface area contributed by atoms with E-state index in [0.717, 1.165) is 5.56 Å². The number of hydrogen-bond donors (Lipinski definition) is 1. The number of phenolic OH excluding ortho intramolecular Hbond substituents is 1. The van der Waals surface area contributed by atoms with Crippen LogP contribution in [0.25, 0.3) is 0 Å². The molecule has 1 aromatic carbocycles. The third-order valence-corrected chi connectivity index (χ3v) is 1.14. The van der Waals surface area contributed by atoms with E-state index in [1.165, 1.54) is 6.07 Å². The van der Waals surface area contributed by atoms with E-state index in [1.807, 2.05) is 0 Å². The van der Waals surface area contributed by atoms with Crippen molar-refractivity contribution in [2.24, 2.45) is 0 Å². The second-order valence-electron chi connectivity index (χ2n) is 2.09. The average molecular weight is 135 g/mol. The Bertz CT molecular complexity index is 233. The van der Waals surface area contributed by atoms with E-state index in [0.29, 0.717) is 11.8 Å². The summed E-state index contributed by atoms with van der Waals surface area (Å²) in [6, 6.07) is 5.69. The van der Waals surface area contributed by atoms with E-state index >= 15 is 0 Å². The third kappa shape index (κ3) is 1.35. The highest BCUT2D eigenvalue weighted by Crippen LogP contribution is 2.12. The van der Waals surface area contributed by atoms with Crippen LogP contribution < -0.4 is 0 Å². The average Bonchev–Trinajstić information content (AvgIpc) is 1.85. The number of carbonyl (C=O) groups excluding carboxylic acids is 1. The van der Waals surface area contributed by atoms with Gasteiger partial charge in [0.25, 0.3) is 0 Å². The number of aryl methyl sites for hydroxylation is 1. The maximum Gasteiger partial charge on any atom is 0.150 e. The summed E-state index contributed by atoms with van der Waals surface area (Å²) in [7, 11) is 0. The summed E-state index contributed by atoms with van der Waals surface area (Å²) in [6.45, 7) is 1.77. The highest BCUT2D eigenvalue weighted by molar-refractivity contribution is 5.75. The van der Waals surface area contributed by atoms with Gasteiger partial charge in [-0.3, -0.25) is 4.79 Å². The molecule has 2 heteroatoms. The van der Waals surface area contributed by atoms with Crippen molar-refractivity contribution < 1.29 is 9.90 Å². The quantitative estimate of drug-likeness (QED) is 0.589. The van der Waals surface area contributed by atoms with Crippen LogP contribution in [-0.4, -0.2) is 11.4 Å². The lowest BCUT2D eigenvalue weighted by molar-refractivity contribution is 0.112. The van der Waals surface area contributed by atoms with Crippen molar-refractivity contribution in [3.8, 4) is 5.75 Å². The van der Waals surface area contributed by atoms with Crippen molar-refractivity contribution in [3.05, 3.63) is 29.3 Å². The Morgan fingerprint density at radius 2 is 2.30 bits per heavy atom. The molecule has 10 heavy (non-hydrogen) atoms. The van der Waals surface area contributed by atoms with Gasteiger partial charge in [0.2, 0.25) is 0 Å². The van der Waals surface area contributed by atoms with E-state index in [2.05, 4.69) is 6.07 Å². The van der Waals surface area contributed by atoms with Crippen molar-refractivity contribution in [1.82, 2.24) is 0 Å². The molecule has 0 aromatic heterocycles. The number of benzene rings is 1. The van der Waals surface area contributed by atoms with Crippen molar-refractivity contribution in [3.63, 3.8) is 0 Å². The van der Waals surface area contributed by atoms with Gasteiger partial charge in [0.15, 0.2) is 6.29 Å². The van der Waals surface area contributed by atoms with E-state index in [9.17, 15) is 4.79 Å². The highest BCUT2D eigenvalue weighted by atomic mass is 16.3. The summed E-state index contributed by atoms with van der Waals surface area (Å²) in [5, 5.41) is 8.95. The molecule has 1 radical (unpaired) electrons. The second-order valence-corrected chi connectivity index (χ2v) is 2.09. The molecule has 0 bridgehead atoms. The number of rotatable bonds is 1. The maximum absolute atomic E-state index is 10.2. The molecule has 51 valence electrons. The van der Waals surface area contributed by atoms with Gasteiger partial charge >= 0.3 is 0 Å². The molecule has 0 unspecified atom stereocenters. The van der Waals surface area contributed by atoms with Gasteiger partial charge in [0.1, 0.15) is 5.75 Å². The van der Waals surface area contributed by atoms with Crippen LogP contribution in [0.4, 0.5) is 0 Å². The summed E-state index contributed by atoms with van der Waals surface area (Å²) in [6.07, 6.45) is 0.659. The van der Waals surface area contributed by atoms with Crippen LogP contribution in [0, 0.1) is 13.0 Å². The fourth-order valence-electron chi connectivity index (χ4n) is 0.786. The topological polar surface area (TPSA) is 37.3 Å². The van der Waals surface area contributed by atoms with Crippen molar-refractivity contribution >= 4 is 6.29 Å². The Labute approximate surface area is 59.1 Å². The van der Waals surface area contributed by atoms with Crippen molar-refractivity contribution in [2.75, 3.05) is 0 Å². The molecule has 0 saturated heterocycles. The molecule has 2 nitrogen and oxygen atoms in total. The van der Waals surface area contributed by atoms with E-state index < -0.39 is 0 Å². The largest absolute Gasteiger partial charge is 0.508 e. The lowest BCUT2D eigenvalue weighted by Crippen LogP contribution is -1.81. The maximum atomic E-state index is 10.2. The summed E-state index contributed by atoms with van der Waals surface area (Å²) in [4.78, 5) is 10.2. The van der Waals surface area contributed by atoms with E-state index in [1.54, 1.807) is 13.0 Å². The molecule has 1 rings (SSSR count). The Balaban J connectivity index is 3.18. The molecule has 0 aliphatic heterocycles. The normalized spacial score (nSPS) is 9.30. The van der Waals surface area contributed by atoms with Crippen LogP contribution >= 0.6 is 0 Å². The first-order valence-electron chi connectivity index (χ1n) is 2.90. The van der Waals surface area contributed by atoms with Crippen molar-refractivity contribution in [1.29, 1.82) is 0 Å². The van der Waals surface area contributed by atoms with Gasteiger partial charge in [-0.15, -0.1) is 0 Å². The lowest BCUT2D eigenvalue weighted by atomic mass is 10.1. The predicted molar refractivity (Wildman–Crippen MR) is 37.1 cm³/mol. The highest BCUT2D eigenvalue weighted by Gasteiger charge is 1.94. The van der Waals surface area contributed by atoms with Crippen LogP contribution in [0.1, 0.15) is 15.9 Å². The number of aldehydes is 1. The zero-order chi connectivity index (χ0) is 7.56. The first kappa shape index (κ1) is 6.81. The lowest BCUT2D eigenvalue weighted by Gasteiger charge is -1.94. The minimum Gasteiger partial charge on any atom is -0.508 e. The molecule has 1 N–H and O–H groups in total. The van der Waals surface area contributed by atoms with Crippen LogP contribution in [0.15, 0.2) is 12.1 Å². The Kier molecular flexibility index (Phi) is 1.71. The summed E-state index contributed by atoms with van der Waals surface area (Å²) >= 11 is 0. The van der Waals surface area contributed by atoms with Gasteiger partial charge in [-0.1, -0.05) is 0 Å². The molecular formula is C8H7O2. The standard InChI is InChI=1S/C8H7O2/c1-6-2-7(5-9)4-8(10)3-6/h3-5,10H,1H3. The van der Waals surface area contributed by atoms with Crippen LogP contribution in [-0.2, 0) is 0 Å². The molecule has 0 aliphatic rings. The number of carbonyl (C=O) groups is 1. The predicted octanol–water partition coefficient (Wildman–Crippen LogP) is 1.31. The third-order valence-electron chi connectivity index (χ3n) is 1.14. The Morgan fingerprint density at radius 1 is 1.60 bits per heavy atom. The van der Waals surface area contributed by atoms with Gasteiger partial charge in [0.05, 0.1) is 0 Å². The molecule has 0 saturated carbocycles. The second kappa shape index (κ2) is 2.52. The van der Waals surface area contributed by atoms with Gasteiger partial charge in [-0.2, -0.15) is 0 Å². The van der Waals surface area contributed by atoms with Gasteiger partial charge in [-0.25, -0.2) is 0 Å². The molecular weight excluding hydrogens is 128 g/mol. The number of hydrogen-bond acceptors (Lipinski definition) is 2. The van der Waals surface area contributed by atoms with Gasteiger partial charge in [0, 0.05) is 5.56 Å². The van der Waals surface area contributed by atoms with Crippen LogP contribution in [0.2, 0.25) is 0 Å². The molecule has 0 spiro atoms. The fourth-order valence-corrected chi connectivity index (χ4v) is 0.786. The Hall–Kier alpha value is -1.31. The zero-order valence-electron chi connectivity index (χ0n) is 5.59. The SMILES string of the molecule is Cc1[c]c(C=O)cc(O)c1. The molecule has 0 amide bonds. The van der Waals surface area contributed by atoms with Gasteiger partial charge < -0.3 is 5.11 Å². The fraction of sp³-hybridized carbons (Fsp3) is 0.125. The van der Waals surface area contributed by atoms with E-state index in [-0.39, 0.29) is 5.75 Å². The summed E-state index contributed by atoms with van der Waals surface area (Å²) < 4.78 is 0. The first-order valence-corrected chi connectivity index (χ1v) is 2.90. The molecule has 1 aromatic rings. The zero-order valence-corrected chi connectivity index (χ0v) is 5.59. The summed E-state index contributed by atoms with van der Waals surface area (Å²) in [5.41, 5.74) is 1.15. The number of aromatic hydroxyl groups is 1. The van der Waals surface area contributed by atoms with Crippen LogP contribution in [0.3, 0.4) is 0 Å². The molecule has 0 fully saturated rings. The Morgan fingerprint density at radius 3 is 2.80 bits per heavy atom. The smallest absolute Gasteiger partial charge is 0.150 e. The molecule has 0 aliphatic carbocycles. The number of phenols is 1. The van der Waals surface area contributed by atoms with E-state index in [4.69, 9.17) is 5.11 Å². The molecule has 0 atom stereocenters. The van der Waals surface area contributed by atoms with Crippen molar-refractivity contribution in [2.45, 2.75) is 6.92 Å².